The van der Waals surface area contributed by atoms with Crippen molar-refractivity contribution >= 4 is 17.8 Å². The summed E-state index contributed by atoms with van der Waals surface area (Å²) in [6.07, 6.45) is 17.3. The minimum absolute atomic E-state index is 0.0231. The first-order valence-electron chi connectivity index (χ1n) is 23.4. The molecule has 3 aliphatic carbocycles. The number of fused-ring (bicyclic) bond motifs is 2. The predicted octanol–water partition coefficient (Wildman–Crippen LogP) is 5.91. The first-order chi connectivity index (χ1) is 28.0. The minimum Gasteiger partial charge on any atom is -0.393 e. The van der Waals surface area contributed by atoms with Gasteiger partial charge < -0.3 is 36.4 Å². The van der Waals surface area contributed by atoms with E-state index in [2.05, 4.69) is 47.4 Å². The van der Waals surface area contributed by atoms with Crippen molar-refractivity contribution in [2.24, 2.45) is 69.9 Å². The Morgan fingerprint density at radius 3 is 2.55 bits per heavy atom. The quantitative estimate of drug-likeness (QED) is 0.0561. The van der Waals surface area contributed by atoms with E-state index in [-0.39, 0.29) is 41.7 Å². The highest BCUT2D eigenvalue weighted by Crippen LogP contribution is 2.43. The van der Waals surface area contributed by atoms with E-state index in [9.17, 15) is 24.9 Å². The third kappa shape index (κ3) is 12.7. The minimum atomic E-state index is -0.809. The number of methoxy groups -OCH3 is 1. The van der Waals surface area contributed by atoms with Crippen LogP contribution in [-0.2, 0) is 14.3 Å². The molecule has 7 N–H and O–H groups in total. The molecule has 0 aromatic carbocycles. The molecule has 6 aliphatic rings. The second-order valence-electron chi connectivity index (χ2n) is 19.9. The van der Waals surface area contributed by atoms with Crippen LogP contribution in [0.15, 0.2) is 16.6 Å². The standard InChI is InChI=1S/C48H77N4O6/c1-30(2)8-9-36(22-37-24-48(49)52-29-38(37)21-32-18-19-50-27-32)43(54)16-12-33-11-15-40(45(56)17-13-34-23-47(58-3)46(57)26-41(33)34)44(55)7-5-4-6-31-20-35-10-14-39(53)25-42(35)51-28-31/h18-19,27,30-31,33-38,40-44,46-48,51-52,54-55,57H,4-10,12-14,16-17,20-26,28-29,49H2,1-3H3/q+1/t31-,33-,34?,35+,36-,37?,38?,40-,41?,42-,43+,44-,46?,47?,48?/m1/s1. The Morgan fingerprint density at radius 2 is 1.78 bits per heavy atom. The van der Waals surface area contributed by atoms with Crippen molar-refractivity contribution in [2.75, 3.05) is 20.2 Å². The second-order valence-corrected chi connectivity index (χ2v) is 19.9. The van der Waals surface area contributed by atoms with Crippen LogP contribution >= 0.6 is 0 Å². The number of hydrogen-bond donors (Lipinski definition) is 6. The van der Waals surface area contributed by atoms with E-state index in [4.69, 9.17) is 10.5 Å². The van der Waals surface area contributed by atoms with Gasteiger partial charge in [0.05, 0.1) is 36.7 Å². The van der Waals surface area contributed by atoms with Crippen molar-refractivity contribution in [3.05, 3.63) is 18.2 Å². The summed E-state index contributed by atoms with van der Waals surface area (Å²) >= 11 is 0. The van der Waals surface area contributed by atoms with Crippen molar-refractivity contribution in [2.45, 2.75) is 172 Å². The number of nitrogens with zero attached hydrogens (tertiary/aromatic N) is 1. The van der Waals surface area contributed by atoms with E-state index in [1.54, 1.807) is 7.11 Å². The van der Waals surface area contributed by atoms with Crippen molar-refractivity contribution in [1.82, 2.24) is 10.6 Å². The van der Waals surface area contributed by atoms with E-state index in [0.717, 1.165) is 77.3 Å². The van der Waals surface area contributed by atoms with Gasteiger partial charge in [-0.25, -0.2) is 0 Å². The highest BCUT2D eigenvalue weighted by molar-refractivity contribution is 5.84. The zero-order chi connectivity index (χ0) is 41.2. The van der Waals surface area contributed by atoms with E-state index in [0.29, 0.717) is 92.8 Å². The van der Waals surface area contributed by atoms with Gasteiger partial charge in [-0.1, -0.05) is 45.0 Å². The number of ketones is 2. The maximum Gasteiger partial charge on any atom is 0.176 e. The molecule has 3 aliphatic heterocycles. The lowest BCUT2D eigenvalue weighted by Gasteiger charge is -2.41. The number of unbranched alkanes of at least 4 members (excludes halogenated alkanes) is 1. The average molecular weight is 806 g/mol. The van der Waals surface area contributed by atoms with Crippen molar-refractivity contribution < 1.29 is 29.6 Å². The summed E-state index contributed by atoms with van der Waals surface area (Å²) in [4.78, 5) is 30.0. The first kappa shape index (κ1) is 45.4. The van der Waals surface area contributed by atoms with Crippen LogP contribution in [0.5, 0.6) is 0 Å². The molecule has 0 amide bonds. The van der Waals surface area contributed by atoms with Crippen molar-refractivity contribution in [3.8, 4) is 11.8 Å². The van der Waals surface area contributed by atoms with E-state index >= 15 is 0 Å². The summed E-state index contributed by atoms with van der Waals surface area (Å²) in [6.45, 7) is 8.18. The Labute approximate surface area is 349 Å². The molecule has 2 saturated carbocycles. The van der Waals surface area contributed by atoms with Crippen LogP contribution in [-0.4, -0.2) is 89.9 Å². The zero-order valence-electron chi connectivity index (χ0n) is 35.9. The number of nitrogens with one attached hydrogen (secondary N) is 2. The molecule has 0 aromatic heterocycles. The fraction of sp³-hybridized carbons (Fsp3) is 0.833. The fourth-order valence-electron chi connectivity index (χ4n) is 11.7. The van der Waals surface area contributed by atoms with Gasteiger partial charge in [0, 0.05) is 51.3 Å². The number of nitrogens with two attached hydrogens (primary N) is 1. The normalized spacial score (nSPS) is 36.9. The lowest BCUT2D eigenvalue weighted by atomic mass is 9.67. The van der Waals surface area contributed by atoms with E-state index in [1.807, 2.05) is 12.8 Å². The number of piperidine rings is 2. The Balaban J connectivity index is 1.10. The highest BCUT2D eigenvalue weighted by Gasteiger charge is 2.42. The number of rotatable bonds is 18. The molecule has 0 bridgehead atoms. The average Bonchev–Trinajstić information content (AvgIpc) is 3.74. The van der Waals surface area contributed by atoms with Crippen LogP contribution in [0.3, 0.4) is 0 Å². The lowest BCUT2D eigenvalue weighted by Crippen LogP contribution is -2.49. The lowest BCUT2D eigenvalue weighted by molar-refractivity contribution is -0.125. The van der Waals surface area contributed by atoms with Crippen molar-refractivity contribution in [3.63, 3.8) is 0 Å². The Bertz CT molecular complexity index is 1460. The summed E-state index contributed by atoms with van der Waals surface area (Å²) in [5.74, 6) is 9.46. The number of allylic oxidation sites excluding steroid dienone is 1. The van der Waals surface area contributed by atoms with Crippen LogP contribution < -0.4 is 16.4 Å². The molecule has 0 aromatic rings. The molecule has 10 nitrogen and oxygen atoms in total. The van der Waals surface area contributed by atoms with Crippen LogP contribution in [0, 0.1) is 77.6 Å². The number of carbonyl (C=O) groups is 2. The number of hydrogen-bond acceptors (Lipinski definition) is 10. The van der Waals surface area contributed by atoms with Gasteiger partial charge in [0.25, 0.3) is 0 Å². The SMILES string of the molecule is COC1CC2CCC(=O)[C@@H]([C@H](O)CCCC[C@H]3CN[C@@H]4CC(=O)CC[C@H]4C3)C#C[C@H](CC[C@H](O)[C@H](CCC(C)C)CC3CC(N)NCC3CC3=C[CH+]N=C3)C2CC1O. The van der Waals surface area contributed by atoms with Gasteiger partial charge >= 0.3 is 0 Å². The molecule has 4 fully saturated rings. The molecule has 6 rings (SSSR count). The molecule has 324 valence electrons. The van der Waals surface area contributed by atoms with Gasteiger partial charge in [-0.2, -0.15) is 0 Å². The van der Waals surface area contributed by atoms with E-state index in [1.165, 1.54) is 12.0 Å². The Kier molecular flexibility index (Phi) is 17.3. The maximum atomic E-state index is 13.8. The largest absolute Gasteiger partial charge is 0.393 e. The van der Waals surface area contributed by atoms with Gasteiger partial charge in [0.2, 0.25) is 0 Å². The number of aliphatic imine (C=N–C) groups is 1. The van der Waals surface area contributed by atoms with Gasteiger partial charge in [-0.3, -0.25) is 9.59 Å². The number of aliphatic hydroxyl groups excluding tert-OH is 3. The topological polar surface area (TPSA) is 166 Å². The number of aliphatic hydroxyl groups is 3. The third-order valence-electron chi connectivity index (χ3n) is 15.3. The molecule has 10 heteroatoms. The maximum absolute atomic E-state index is 13.8. The number of carbonyl (C=O) groups excluding carboxylic acids is 2. The van der Waals surface area contributed by atoms with Gasteiger partial charge in [0.1, 0.15) is 29.6 Å². The Morgan fingerprint density at radius 1 is 0.948 bits per heavy atom. The van der Waals surface area contributed by atoms with Crippen LogP contribution in [0.2, 0.25) is 0 Å². The predicted molar refractivity (Wildman–Crippen MR) is 229 cm³/mol. The first-order valence-corrected chi connectivity index (χ1v) is 23.4. The third-order valence-corrected chi connectivity index (χ3v) is 15.3. The summed E-state index contributed by atoms with van der Waals surface area (Å²) in [5, 5.41) is 41.9. The highest BCUT2D eigenvalue weighted by atomic mass is 16.5. The molecule has 0 radical (unpaired) electrons. The summed E-state index contributed by atoms with van der Waals surface area (Å²) in [5.41, 5.74) is 7.72. The summed E-state index contributed by atoms with van der Waals surface area (Å²) in [6, 6.07) is 0.351. The van der Waals surface area contributed by atoms with Crippen molar-refractivity contribution in [1.29, 1.82) is 0 Å². The monoisotopic (exact) mass is 806 g/mol. The molecule has 0 spiro atoms. The Hall–Kier alpha value is -2.10. The van der Waals surface area contributed by atoms with E-state index < -0.39 is 24.2 Å². The fourth-order valence-corrected chi connectivity index (χ4v) is 11.7. The molecular weight excluding hydrogens is 729 g/mol. The molecule has 3 heterocycles. The summed E-state index contributed by atoms with van der Waals surface area (Å²) in [7, 11) is 1.65. The molecule has 2 saturated heterocycles. The number of ether oxygens (including phenoxy) is 1. The molecule has 15 atom stereocenters. The molecule has 7 unspecified atom stereocenters. The van der Waals surface area contributed by atoms with Gasteiger partial charge in [-0.05, 0) is 131 Å². The summed E-state index contributed by atoms with van der Waals surface area (Å²) < 4.78 is 5.72. The smallest absolute Gasteiger partial charge is 0.176 e. The van der Waals surface area contributed by atoms with Crippen LogP contribution in [0.1, 0.15) is 136 Å². The molecular formula is C48H77N4O6+. The molecule has 58 heavy (non-hydrogen) atoms. The van der Waals surface area contributed by atoms with Crippen LogP contribution in [0.4, 0.5) is 0 Å². The van der Waals surface area contributed by atoms with Gasteiger partial charge in [-0.15, -0.1) is 4.99 Å². The zero-order valence-corrected chi connectivity index (χ0v) is 35.9. The number of Topliss-reactive ketones (excluding diaryl/α,β-unsaturated/α-hetero) is 2. The second kappa shape index (κ2) is 22.1. The van der Waals surface area contributed by atoms with Gasteiger partial charge in [0.15, 0.2) is 6.21 Å². The van der Waals surface area contributed by atoms with Crippen LogP contribution in [0.25, 0.3) is 0 Å².